The Labute approximate surface area is 119 Å². The fourth-order valence-electron chi connectivity index (χ4n) is 2.63. The minimum atomic E-state index is -1.05. The van der Waals surface area contributed by atoms with Gasteiger partial charge in [-0.3, -0.25) is 4.79 Å². The lowest BCUT2D eigenvalue weighted by atomic mass is 9.78. The molecule has 0 bridgehead atoms. The summed E-state index contributed by atoms with van der Waals surface area (Å²) in [5.74, 6) is -1.22. The molecule has 1 heterocycles. The summed E-state index contributed by atoms with van der Waals surface area (Å²) in [4.78, 5) is 25.5. The number of benzene rings is 1. The molecule has 1 aliphatic rings. The molecule has 2 rings (SSSR count). The number of carboxylic acid groups (broad SMARTS) is 1. The lowest BCUT2D eigenvalue weighted by Gasteiger charge is -2.39. The first-order chi connectivity index (χ1) is 9.47. The summed E-state index contributed by atoms with van der Waals surface area (Å²) in [6.45, 7) is 5.84. The summed E-state index contributed by atoms with van der Waals surface area (Å²) in [6, 6.07) is 6.43. The first-order valence-electron chi connectivity index (χ1n) is 7.08. The summed E-state index contributed by atoms with van der Waals surface area (Å²) in [7, 11) is 0. The maximum Gasteiger partial charge on any atom is 0.336 e. The van der Waals surface area contributed by atoms with Crippen molar-refractivity contribution >= 4 is 11.9 Å². The van der Waals surface area contributed by atoms with Crippen molar-refractivity contribution in [3.05, 3.63) is 35.4 Å². The standard InChI is InChI=1S/C16H21NO3/c1-3-16(2)8-10-17(11-9-16)14(18)12-6-4-5-7-13(12)15(19)20/h4-7H,3,8-11H2,1-2H3,(H,19,20). The summed E-state index contributed by atoms with van der Waals surface area (Å²) in [5, 5.41) is 9.16. The van der Waals surface area contributed by atoms with Gasteiger partial charge in [0.25, 0.3) is 5.91 Å². The highest BCUT2D eigenvalue weighted by atomic mass is 16.4. The van der Waals surface area contributed by atoms with Gasteiger partial charge >= 0.3 is 5.97 Å². The number of hydrogen-bond acceptors (Lipinski definition) is 2. The molecule has 1 aliphatic heterocycles. The Balaban J connectivity index is 2.16. The van der Waals surface area contributed by atoms with Gasteiger partial charge in [-0.25, -0.2) is 4.79 Å². The van der Waals surface area contributed by atoms with E-state index in [1.807, 2.05) is 0 Å². The van der Waals surface area contributed by atoms with Gasteiger partial charge in [-0.15, -0.1) is 0 Å². The van der Waals surface area contributed by atoms with E-state index >= 15 is 0 Å². The van der Waals surface area contributed by atoms with E-state index in [1.165, 1.54) is 6.07 Å². The summed E-state index contributed by atoms with van der Waals surface area (Å²) in [6.07, 6.45) is 3.07. The van der Waals surface area contributed by atoms with Crippen molar-refractivity contribution in [3.63, 3.8) is 0 Å². The largest absolute Gasteiger partial charge is 0.478 e. The second kappa shape index (κ2) is 5.65. The predicted octanol–water partition coefficient (Wildman–Crippen LogP) is 3.04. The highest BCUT2D eigenvalue weighted by molar-refractivity contribution is 6.04. The number of nitrogens with zero attached hydrogens (tertiary/aromatic N) is 1. The number of likely N-dealkylation sites (tertiary alicyclic amines) is 1. The molecule has 1 amide bonds. The van der Waals surface area contributed by atoms with Crippen LogP contribution in [0, 0.1) is 5.41 Å². The number of amides is 1. The third kappa shape index (κ3) is 2.84. The van der Waals surface area contributed by atoms with E-state index in [2.05, 4.69) is 13.8 Å². The first-order valence-corrected chi connectivity index (χ1v) is 7.08. The number of carbonyl (C=O) groups excluding carboxylic acids is 1. The molecule has 1 aromatic carbocycles. The summed E-state index contributed by atoms with van der Waals surface area (Å²) < 4.78 is 0. The lowest BCUT2D eigenvalue weighted by Crippen LogP contribution is -2.42. The zero-order chi connectivity index (χ0) is 14.8. The van der Waals surface area contributed by atoms with Crippen molar-refractivity contribution in [1.82, 2.24) is 4.90 Å². The molecule has 0 saturated carbocycles. The van der Waals surface area contributed by atoms with Crippen LogP contribution < -0.4 is 0 Å². The molecule has 4 nitrogen and oxygen atoms in total. The Hall–Kier alpha value is -1.84. The third-order valence-corrected chi connectivity index (χ3v) is 4.50. The molecule has 0 spiro atoms. The topological polar surface area (TPSA) is 57.6 Å². The molecule has 0 aromatic heterocycles. The van der Waals surface area contributed by atoms with Crippen LogP contribution in [0.15, 0.2) is 24.3 Å². The van der Waals surface area contributed by atoms with Gasteiger partial charge in [-0.1, -0.05) is 32.4 Å². The highest BCUT2D eigenvalue weighted by Gasteiger charge is 2.31. The van der Waals surface area contributed by atoms with Crippen LogP contribution in [0.4, 0.5) is 0 Å². The predicted molar refractivity (Wildman–Crippen MR) is 76.9 cm³/mol. The third-order valence-electron chi connectivity index (χ3n) is 4.50. The Morgan fingerprint density at radius 1 is 1.20 bits per heavy atom. The van der Waals surface area contributed by atoms with Crippen molar-refractivity contribution in [2.75, 3.05) is 13.1 Å². The van der Waals surface area contributed by atoms with Crippen LogP contribution in [0.25, 0.3) is 0 Å². The van der Waals surface area contributed by atoms with E-state index < -0.39 is 5.97 Å². The number of carbonyl (C=O) groups is 2. The minimum Gasteiger partial charge on any atom is -0.478 e. The molecule has 0 unspecified atom stereocenters. The van der Waals surface area contributed by atoms with Crippen LogP contribution >= 0.6 is 0 Å². The number of piperidine rings is 1. The Morgan fingerprint density at radius 2 is 1.75 bits per heavy atom. The van der Waals surface area contributed by atoms with Crippen molar-refractivity contribution in [2.24, 2.45) is 5.41 Å². The van der Waals surface area contributed by atoms with Gasteiger partial charge < -0.3 is 10.0 Å². The molecule has 1 N–H and O–H groups in total. The molecule has 4 heteroatoms. The van der Waals surface area contributed by atoms with Crippen molar-refractivity contribution in [2.45, 2.75) is 33.1 Å². The Morgan fingerprint density at radius 3 is 2.25 bits per heavy atom. The number of hydrogen-bond donors (Lipinski definition) is 1. The molecule has 108 valence electrons. The number of aromatic carboxylic acids is 1. The van der Waals surface area contributed by atoms with Gasteiger partial charge in [-0.2, -0.15) is 0 Å². The first kappa shape index (κ1) is 14.6. The average Bonchev–Trinajstić information content (AvgIpc) is 2.47. The molecule has 0 atom stereocenters. The summed E-state index contributed by atoms with van der Waals surface area (Å²) >= 11 is 0. The van der Waals surface area contributed by atoms with E-state index in [4.69, 9.17) is 5.11 Å². The van der Waals surface area contributed by atoms with E-state index in [1.54, 1.807) is 23.1 Å². The number of carboxylic acids is 1. The zero-order valence-electron chi connectivity index (χ0n) is 12.1. The minimum absolute atomic E-state index is 0.0846. The quantitative estimate of drug-likeness (QED) is 0.922. The molecule has 1 saturated heterocycles. The lowest BCUT2D eigenvalue weighted by molar-refractivity contribution is 0.0584. The molecular weight excluding hydrogens is 254 g/mol. The monoisotopic (exact) mass is 275 g/mol. The van der Waals surface area contributed by atoms with E-state index in [0.717, 1.165) is 19.3 Å². The Kier molecular flexibility index (Phi) is 4.12. The van der Waals surface area contributed by atoms with E-state index in [0.29, 0.717) is 24.1 Å². The second-order valence-electron chi connectivity index (χ2n) is 5.81. The molecule has 0 aliphatic carbocycles. The van der Waals surface area contributed by atoms with Gasteiger partial charge in [0.05, 0.1) is 11.1 Å². The van der Waals surface area contributed by atoms with Crippen LogP contribution in [0.3, 0.4) is 0 Å². The van der Waals surface area contributed by atoms with Gasteiger partial charge in [0, 0.05) is 13.1 Å². The van der Waals surface area contributed by atoms with Crippen LogP contribution in [-0.2, 0) is 0 Å². The SMILES string of the molecule is CCC1(C)CCN(C(=O)c2ccccc2C(=O)O)CC1. The van der Waals surface area contributed by atoms with E-state index in [9.17, 15) is 9.59 Å². The van der Waals surface area contributed by atoms with Gasteiger partial charge in [0.2, 0.25) is 0 Å². The summed E-state index contributed by atoms with van der Waals surface area (Å²) in [5.41, 5.74) is 0.685. The Bertz CT molecular complexity index is 516. The average molecular weight is 275 g/mol. The van der Waals surface area contributed by atoms with Crippen LogP contribution in [0.1, 0.15) is 53.8 Å². The van der Waals surface area contributed by atoms with E-state index in [-0.39, 0.29) is 11.5 Å². The van der Waals surface area contributed by atoms with Gasteiger partial charge in [0.15, 0.2) is 0 Å². The van der Waals surface area contributed by atoms with Gasteiger partial charge in [0.1, 0.15) is 0 Å². The normalized spacial score (nSPS) is 17.8. The molecule has 1 aromatic rings. The fraction of sp³-hybridized carbons (Fsp3) is 0.500. The zero-order valence-corrected chi connectivity index (χ0v) is 12.1. The maximum atomic E-state index is 12.5. The number of rotatable bonds is 3. The second-order valence-corrected chi connectivity index (χ2v) is 5.81. The van der Waals surface area contributed by atoms with Crippen molar-refractivity contribution in [3.8, 4) is 0 Å². The molecule has 20 heavy (non-hydrogen) atoms. The molecule has 1 fully saturated rings. The van der Waals surface area contributed by atoms with Crippen molar-refractivity contribution < 1.29 is 14.7 Å². The van der Waals surface area contributed by atoms with Crippen molar-refractivity contribution in [1.29, 1.82) is 0 Å². The highest BCUT2D eigenvalue weighted by Crippen LogP contribution is 2.34. The van der Waals surface area contributed by atoms with Gasteiger partial charge in [-0.05, 0) is 30.4 Å². The fourth-order valence-corrected chi connectivity index (χ4v) is 2.63. The smallest absolute Gasteiger partial charge is 0.336 e. The maximum absolute atomic E-state index is 12.5. The molecule has 0 radical (unpaired) electrons. The van der Waals surface area contributed by atoms with Crippen LogP contribution in [-0.4, -0.2) is 35.0 Å². The van der Waals surface area contributed by atoms with Crippen LogP contribution in [0.5, 0.6) is 0 Å². The van der Waals surface area contributed by atoms with Crippen LogP contribution in [0.2, 0.25) is 0 Å². The molecular formula is C16H21NO3.